The third kappa shape index (κ3) is 22.6. The number of nitrogens with one attached hydrogen (secondary N) is 2. The monoisotopic (exact) mass is 782 g/mol. The van der Waals surface area contributed by atoms with Gasteiger partial charge in [-0.25, -0.2) is 0 Å². The van der Waals surface area contributed by atoms with E-state index >= 15 is 0 Å². The number of rotatable bonds is 26. The quantitative estimate of drug-likeness (QED) is 0.0567. The molecular weight excluding hydrogens is 713 g/mol. The van der Waals surface area contributed by atoms with Crippen LogP contribution in [0.3, 0.4) is 0 Å². The van der Waals surface area contributed by atoms with Crippen molar-refractivity contribution in [1.29, 1.82) is 0 Å². The van der Waals surface area contributed by atoms with E-state index in [1.807, 2.05) is 48.5 Å². The number of hydrogen-bond acceptors (Lipinski definition) is 4. The van der Waals surface area contributed by atoms with Gasteiger partial charge in [-0.3, -0.25) is 9.59 Å². The summed E-state index contributed by atoms with van der Waals surface area (Å²) in [5.41, 5.74) is 9.93. The van der Waals surface area contributed by atoms with Crippen LogP contribution in [0.25, 0.3) is 0 Å². The van der Waals surface area contributed by atoms with Gasteiger partial charge in [0.25, 0.3) is 11.8 Å². The van der Waals surface area contributed by atoms with Gasteiger partial charge >= 0.3 is 0 Å². The molecule has 2 amide bonds. The average Bonchev–Trinajstić information content (AvgIpc) is 3.14. The first-order chi connectivity index (χ1) is 26.5. The number of hydrogen-bond donors (Lipinski definition) is 2. The number of allylic oxidation sites excluding steroid dienone is 10. The van der Waals surface area contributed by atoms with Crippen molar-refractivity contribution in [1.82, 2.24) is 10.6 Å². The zero-order chi connectivity index (χ0) is 40.3. The van der Waals surface area contributed by atoms with Crippen LogP contribution in [0.1, 0.15) is 147 Å². The molecule has 300 valence electrons. The fourth-order valence-electron chi connectivity index (χ4n) is 5.81. The van der Waals surface area contributed by atoms with Crippen LogP contribution >= 0.6 is 23.5 Å². The summed E-state index contributed by atoms with van der Waals surface area (Å²) in [6, 6.07) is 15.7. The van der Waals surface area contributed by atoms with Crippen LogP contribution < -0.4 is 10.6 Å². The standard InChI is InChI=1S/C49H70N2O2S2/c1-38(2)20-16-22-40(5)24-18-26-42(7)32-36-54-46-30-12-10-28-44(46)48(52)50-34-14-9-15-35-51-49(53)45-29-11-13-31-47(45)55-37-33-43(8)27-19-25-41(6)23-17-21-39(3)4/h10-13,20-21,24-25,28-33H,9,14-19,22-23,26-27,34-37H2,1-8H3,(H,50,52)(H,51,53)/b40-24+,41-25+,42-32+,43-33+. The Morgan fingerprint density at radius 1 is 0.473 bits per heavy atom. The Labute approximate surface area is 344 Å². The zero-order valence-corrected chi connectivity index (χ0v) is 37.0. The lowest BCUT2D eigenvalue weighted by Gasteiger charge is -2.11. The van der Waals surface area contributed by atoms with E-state index in [9.17, 15) is 9.59 Å². The number of unbranched alkanes of at least 4 members (excludes halogenated alkanes) is 2. The first-order valence-electron chi connectivity index (χ1n) is 20.4. The largest absolute Gasteiger partial charge is 0.352 e. The molecule has 0 fully saturated rings. The van der Waals surface area contributed by atoms with Gasteiger partial charge in [-0.15, -0.1) is 23.5 Å². The average molecular weight is 783 g/mol. The van der Waals surface area contributed by atoms with Crippen molar-refractivity contribution in [3.8, 4) is 0 Å². The van der Waals surface area contributed by atoms with Gasteiger partial charge in [0.2, 0.25) is 0 Å². The summed E-state index contributed by atoms with van der Waals surface area (Å²) in [6.07, 6.45) is 25.4. The van der Waals surface area contributed by atoms with Crippen molar-refractivity contribution in [2.45, 2.75) is 136 Å². The second-order valence-corrected chi connectivity index (χ2v) is 17.2. The van der Waals surface area contributed by atoms with Gasteiger partial charge in [0.05, 0.1) is 11.1 Å². The van der Waals surface area contributed by atoms with E-state index in [-0.39, 0.29) is 11.8 Å². The predicted octanol–water partition coefficient (Wildman–Crippen LogP) is 14.0. The second-order valence-electron chi connectivity index (χ2n) is 15.1. The van der Waals surface area contributed by atoms with Gasteiger partial charge < -0.3 is 10.6 Å². The lowest BCUT2D eigenvalue weighted by molar-refractivity contribution is 0.0944. The van der Waals surface area contributed by atoms with Gasteiger partial charge in [-0.1, -0.05) is 94.2 Å². The maximum Gasteiger partial charge on any atom is 0.252 e. The molecule has 0 aromatic heterocycles. The molecule has 0 heterocycles. The van der Waals surface area contributed by atoms with Crippen LogP contribution in [0.15, 0.2) is 128 Å². The highest BCUT2D eigenvalue weighted by Crippen LogP contribution is 2.25. The van der Waals surface area contributed by atoms with Crippen molar-refractivity contribution in [2.75, 3.05) is 24.6 Å². The molecule has 0 radical (unpaired) electrons. The smallest absolute Gasteiger partial charge is 0.252 e. The van der Waals surface area contributed by atoms with Gasteiger partial charge in [0, 0.05) is 34.4 Å². The Hall–Kier alpha value is -3.48. The third-order valence-corrected chi connectivity index (χ3v) is 11.3. The Morgan fingerprint density at radius 2 is 0.818 bits per heavy atom. The van der Waals surface area contributed by atoms with Crippen LogP contribution in [0.4, 0.5) is 0 Å². The molecule has 0 aliphatic carbocycles. The van der Waals surface area contributed by atoms with Gasteiger partial charge in [0.1, 0.15) is 0 Å². The molecule has 0 spiro atoms. The van der Waals surface area contributed by atoms with Crippen molar-refractivity contribution >= 4 is 35.3 Å². The summed E-state index contributed by atoms with van der Waals surface area (Å²) in [6.45, 7) is 18.7. The normalized spacial score (nSPS) is 12.4. The van der Waals surface area contributed by atoms with E-state index in [4.69, 9.17) is 0 Å². The predicted molar refractivity (Wildman–Crippen MR) is 244 cm³/mol. The van der Waals surface area contributed by atoms with E-state index in [1.54, 1.807) is 23.5 Å². The minimum absolute atomic E-state index is 0.0253. The number of carbonyl (C=O) groups excluding carboxylic acids is 2. The maximum atomic E-state index is 13.1. The zero-order valence-electron chi connectivity index (χ0n) is 35.3. The molecule has 55 heavy (non-hydrogen) atoms. The topological polar surface area (TPSA) is 58.2 Å². The summed E-state index contributed by atoms with van der Waals surface area (Å²) in [5, 5.41) is 6.21. The van der Waals surface area contributed by atoms with Crippen LogP contribution in [0, 0.1) is 0 Å². The van der Waals surface area contributed by atoms with E-state index in [0.717, 1.165) is 103 Å². The minimum Gasteiger partial charge on any atom is -0.352 e. The Kier molecular flexibility index (Phi) is 25.0. The van der Waals surface area contributed by atoms with Crippen molar-refractivity contribution in [3.05, 3.63) is 130 Å². The third-order valence-electron chi connectivity index (χ3n) is 9.27. The lowest BCUT2D eigenvalue weighted by Crippen LogP contribution is -2.26. The Balaban J connectivity index is 1.68. The first-order valence-corrected chi connectivity index (χ1v) is 22.3. The summed E-state index contributed by atoms with van der Waals surface area (Å²) >= 11 is 3.43. The van der Waals surface area contributed by atoms with Crippen molar-refractivity contribution in [3.63, 3.8) is 0 Å². The van der Waals surface area contributed by atoms with E-state index in [2.05, 4.69) is 102 Å². The molecule has 2 aromatic rings. The van der Waals surface area contributed by atoms with Gasteiger partial charge in [-0.2, -0.15) is 0 Å². The minimum atomic E-state index is -0.0253. The summed E-state index contributed by atoms with van der Waals surface area (Å²) in [4.78, 5) is 28.1. The molecule has 6 heteroatoms. The highest BCUT2D eigenvalue weighted by Gasteiger charge is 2.12. The summed E-state index contributed by atoms with van der Waals surface area (Å²) in [5.74, 6) is 1.64. The fraction of sp³-hybridized carbons (Fsp3) is 0.469. The van der Waals surface area contributed by atoms with Crippen molar-refractivity contribution < 1.29 is 9.59 Å². The molecule has 0 unspecified atom stereocenters. The SMILES string of the molecule is CC(C)=CCC/C(C)=C/CC/C(C)=C/CSc1ccccc1C(=O)NCCCCCNC(=O)c1ccccc1SC/C=C(\C)CC/C=C(\C)CCC=C(C)C. The molecule has 2 aromatic carbocycles. The molecule has 0 aliphatic rings. The van der Waals surface area contributed by atoms with Gasteiger partial charge in [0.15, 0.2) is 0 Å². The number of thioether (sulfide) groups is 2. The molecule has 0 aliphatic heterocycles. The van der Waals surface area contributed by atoms with Gasteiger partial charge in [-0.05, 0) is 150 Å². The number of amides is 2. The van der Waals surface area contributed by atoms with Crippen LogP contribution in [-0.2, 0) is 0 Å². The molecule has 2 N–H and O–H groups in total. The summed E-state index contributed by atoms with van der Waals surface area (Å²) < 4.78 is 0. The molecule has 0 saturated heterocycles. The van der Waals surface area contributed by atoms with E-state index in [1.165, 1.54) is 33.4 Å². The second kappa shape index (κ2) is 28.9. The number of carbonyl (C=O) groups is 2. The molecule has 4 nitrogen and oxygen atoms in total. The molecular formula is C49H70N2O2S2. The number of benzene rings is 2. The highest BCUT2D eigenvalue weighted by molar-refractivity contribution is 7.99. The van der Waals surface area contributed by atoms with Crippen molar-refractivity contribution in [2.24, 2.45) is 0 Å². The van der Waals surface area contributed by atoms with E-state index < -0.39 is 0 Å². The van der Waals surface area contributed by atoms with E-state index in [0.29, 0.717) is 13.1 Å². The Bertz CT molecular complexity index is 1530. The molecule has 2 rings (SSSR count). The fourth-order valence-corrected chi connectivity index (χ4v) is 7.88. The Morgan fingerprint density at radius 3 is 1.20 bits per heavy atom. The first kappa shape index (κ1) is 47.7. The summed E-state index contributed by atoms with van der Waals surface area (Å²) in [7, 11) is 0. The highest BCUT2D eigenvalue weighted by atomic mass is 32.2. The van der Waals surface area contributed by atoms with Crippen LogP contribution in [-0.4, -0.2) is 36.4 Å². The maximum absolute atomic E-state index is 13.1. The molecule has 0 bridgehead atoms. The van der Waals surface area contributed by atoms with Crippen LogP contribution in [0.2, 0.25) is 0 Å². The van der Waals surface area contributed by atoms with Crippen LogP contribution in [0.5, 0.6) is 0 Å². The molecule has 0 saturated carbocycles. The molecule has 0 atom stereocenters. The lowest BCUT2D eigenvalue weighted by atomic mass is 10.1.